The Bertz CT molecular complexity index is 471. The van der Waals surface area contributed by atoms with E-state index >= 15 is 0 Å². The van der Waals surface area contributed by atoms with Gasteiger partial charge in [-0.2, -0.15) is 4.99 Å². The zero-order valence-corrected chi connectivity index (χ0v) is 10.6. The van der Waals surface area contributed by atoms with Crippen molar-refractivity contribution < 1.29 is 19.8 Å². The molecule has 96 valence electrons. The fourth-order valence-corrected chi connectivity index (χ4v) is 1.93. The van der Waals surface area contributed by atoms with Crippen molar-refractivity contribution in [3.05, 3.63) is 29.8 Å². The number of rotatable bonds is 5. The molecule has 18 heavy (non-hydrogen) atoms. The van der Waals surface area contributed by atoms with E-state index in [1.54, 1.807) is 18.2 Å². The molecule has 2 atom stereocenters. The van der Waals surface area contributed by atoms with Gasteiger partial charge in [0.15, 0.2) is 5.12 Å². The summed E-state index contributed by atoms with van der Waals surface area (Å²) in [5.41, 5.74) is 0.788. The second kappa shape index (κ2) is 7.08. The predicted molar refractivity (Wildman–Crippen MR) is 68.3 cm³/mol. The van der Waals surface area contributed by atoms with E-state index < -0.39 is 12.2 Å². The van der Waals surface area contributed by atoms with Crippen molar-refractivity contribution in [2.75, 3.05) is 5.75 Å². The van der Waals surface area contributed by atoms with E-state index in [0.717, 1.165) is 11.8 Å². The maximum absolute atomic E-state index is 10.8. The Morgan fingerprint density at radius 1 is 1.50 bits per heavy atom. The monoisotopic (exact) mass is 267 g/mol. The van der Waals surface area contributed by atoms with E-state index in [4.69, 9.17) is 0 Å². The number of benzene rings is 1. The molecule has 0 aliphatic heterocycles. The van der Waals surface area contributed by atoms with Gasteiger partial charge in [-0.3, -0.25) is 4.79 Å². The van der Waals surface area contributed by atoms with Crippen LogP contribution in [-0.4, -0.2) is 33.3 Å². The lowest BCUT2D eigenvalue weighted by Gasteiger charge is -2.17. The van der Waals surface area contributed by atoms with Gasteiger partial charge < -0.3 is 10.2 Å². The number of hydrogen-bond donors (Lipinski definition) is 2. The highest BCUT2D eigenvalue weighted by atomic mass is 32.2. The zero-order chi connectivity index (χ0) is 13.5. The molecular weight excluding hydrogens is 254 g/mol. The van der Waals surface area contributed by atoms with Gasteiger partial charge in [0.2, 0.25) is 6.08 Å². The Labute approximate surface area is 109 Å². The molecule has 1 rings (SSSR count). The SMILES string of the molecule is CC(=O)SCC(O)C(O)c1cccc(N=C=O)c1. The molecule has 0 fully saturated rings. The first-order valence-corrected chi connectivity index (χ1v) is 6.20. The minimum absolute atomic E-state index is 0.109. The van der Waals surface area contributed by atoms with Crippen LogP contribution in [0.3, 0.4) is 0 Å². The Hall–Kier alpha value is -1.46. The molecule has 0 saturated heterocycles. The molecule has 0 aliphatic rings. The average molecular weight is 267 g/mol. The van der Waals surface area contributed by atoms with E-state index in [9.17, 15) is 19.8 Å². The van der Waals surface area contributed by atoms with E-state index in [1.807, 2.05) is 0 Å². The van der Waals surface area contributed by atoms with E-state index in [-0.39, 0.29) is 10.9 Å². The number of isocyanates is 1. The van der Waals surface area contributed by atoms with Gasteiger partial charge in [-0.15, -0.1) is 0 Å². The molecule has 1 aromatic rings. The second-order valence-electron chi connectivity index (χ2n) is 3.61. The molecule has 5 nitrogen and oxygen atoms in total. The molecular formula is C12H13NO4S. The summed E-state index contributed by atoms with van der Waals surface area (Å²) < 4.78 is 0. The highest BCUT2D eigenvalue weighted by molar-refractivity contribution is 8.13. The largest absolute Gasteiger partial charge is 0.389 e. The number of carbonyl (C=O) groups excluding carboxylic acids is 2. The van der Waals surface area contributed by atoms with Crippen LogP contribution in [0.25, 0.3) is 0 Å². The summed E-state index contributed by atoms with van der Waals surface area (Å²) >= 11 is 0.942. The second-order valence-corrected chi connectivity index (χ2v) is 4.81. The number of hydrogen-bond acceptors (Lipinski definition) is 6. The molecule has 0 aromatic heterocycles. The summed E-state index contributed by atoms with van der Waals surface area (Å²) in [6, 6.07) is 6.28. The van der Waals surface area contributed by atoms with Crippen LogP contribution in [-0.2, 0) is 9.59 Å². The third kappa shape index (κ3) is 4.43. The van der Waals surface area contributed by atoms with Crippen LogP contribution in [0.1, 0.15) is 18.6 Å². The maximum atomic E-state index is 10.8. The number of nitrogens with zero attached hydrogens (tertiary/aromatic N) is 1. The minimum atomic E-state index is -1.13. The van der Waals surface area contributed by atoms with Gasteiger partial charge in [0.1, 0.15) is 6.10 Å². The molecule has 0 radical (unpaired) electrons. The fraction of sp³-hybridized carbons (Fsp3) is 0.333. The van der Waals surface area contributed by atoms with Gasteiger partial charge in [0, 0.05) is 12.7 Å². The van der Waals surface area contributed by atoms with Crippen LogP contribution in [0, 0.1) is 0 Å². The van der Waals surface area contributed by atoms with Gasteiger partial charge in [-0.25, -0.2) is 4.79 Å². The lowest BCUT2D eigenvalue weighted by Crippen LogP contribution is -2.21. The predicted octanol–water partition coefficient (Wildman–Crippen LogP) is 1.33. The highest BCUT2D eigenvalue weighted by Crippen LogP contribution is 2.23. The van der Waals surface area contributed by atoms with Gasteiger partial charge in [-0.05, 0) is 17.7 Å². The summed E-state index contributed by atoms with van der Waals surface area (Å²) in [5.74, 6) is 0.109. The summed E-state index contributed by atoms with van der Waals surface area (Å²) in [6.45, 7) is 1.39. The van der Waals surface area contributed by atoms with Crippen LogP contribution in [0.15, 0.2) is 29.3 Å². The molecule has 0 saturated carbocycles. The summed E-state index contributed by atoms with van der Waals surface area (Å²) in [6.07, 6.45) is -0.785. The van der Waals surface area contributed by atoms with E-state index in [0.29, 0.717) is 11.3 Å². The third-order valence-electron chi connectivity index (χ3n) is 2.21. The van der Waals surface area contributed by atoms with Crippen molar-refractivity contribution in [3.63, 3.8) is 0 Å². The lowest BCUT2D eigenvalue weighted by atomic mass is 10.1. The lowest BCUT2D eigenvalue weighted by molar-refractivity contribution is -0.109. The van der Waals surface area contributed by atoms with Crippen molar-refractivity contribution in [2.24, 2.45) is 4.99 Å². The van der Waals surface area contributed by atoms with E-state index in [2.05, 4.69) is 4.99 Å². The first kappa shape index (κ1) is 14.6. The summed E-state index contributed by atoms with van der Waals surface area (Å²) in [5, 5.41) is 19.5. The molecule has 0 aliphatic carbocycles. The van der Waals surface area contributed by atoms with Crippen molar-refractivity contribution in [1.82, 2.24) is 0 Å². The number of aliphatic hydroxyl groups is 2. The standard InChI is InChI=1S/C12H13NO4S/c1-8(15)18-6-11(16)12(17)9-3-2-4-10(5-9)13-7-14/h2-5,11-12,16-17H,6H2,1H3. The van der Waals surface area contributed by atoms with Crippen LogP contribution in [0.2, 0.25) is 0 Å². The molecule has 0 spiro atoms. The Morgan fingerprint density at radius 3 is 2.83 bits per heavy atom. The summed E-state index contributed by atoms with van der Waals surface area (Å²) in [7, 11) is 0. The smallest absolute Gasteiger partial charge is 0.240 e. The number of aliphatic hydroxyl groups excluding tert-OH is 2. The minimum Gasteiger partial charge on any atom is -0.389 e. The fourth-order valence-electron chi connectivity index (χ4n) is 1.35. The quantitative estimate of drug-likeness (QED) is 0.620. The molecule has 1 aromatic carbocycles. The molecule has 0 heterocycles. The van der Waals surface area contributed by atoms with Gasteiger partial charge in [0.25, 0.3) is 0 Å². The average Bonchev–Trinajstić information content (AvgIpc) is 2.35. The zero-order valence-electron chi connectivity index (χ0n) is 9.74. The molecule has 6 heteroatoms. The molecule has 0 bridgehead atoms. The Kier molecular flexibility index (Phi) is 5.74. The third-order valence-corrected chi connectivity index (χ3v) is 3.12. The molecule has 2 N–H and O–H groups in total. The summed E-state index contributed by atoms with van der Waals surface area (Å²) in [4.78, 5) is 24.3. The van der Waals surface area contributed by atoms with Gasteiger partial charge in [0.05, 0.1) is 11.8 Å². The van der Waals surface area contributed by atoms with Crippen molar-refractivity contribution in [1.29, 1.82) is 0 Å². The topological polar surface area (TPSA) is 87.0 Å². The Balaban J connectivity index is 2.76. The van der Waals surface area contributed by atoms with Gasteiger partial charge >= 0.3 is 0 Å². The van der Waals surface area contributed by atoms with Crippen LogP contribution >= 0.6 is 11.8 Å². The van der Waals surface area contributed by atoms with Gasteiger partial charge in [-0.1, -0.05) is 23.9 Å². The van der Waals surface area contributed by atoms with E-state index in [1.165, 1.54) is 19.1 Å². The molecule has 2 unspecified atom stereocenters. The molecule has 0 amide bonds. The first-order valence-electron chi connectivity index (χ1n) is 5.22. The van der Waals surface area contributed by atoms with Crippen molar-refractivity contribution in [3.8, 4) is 0 Å². The van der Waals surface area contributed by atoms with Crippen LogP contribution < -0.4 is 0 Å². The van der Waals surface area contributed by atoms with Crippen molar-refractivity contribution >= 4 is 28.6 Å². The van der Waals surface area contributed by atoms with Crippen LogP contribution in [0.4, 0.5) is 5.69 Å². The van der Waals surface area contributed by atoms with Crippen LogP contribution in [0.5, 0.6) is 0 Å². The Morgan fingerprint density at radius 2 is 2.22 bits per heavy atom. The highest BCUT2D eigenvalue weighted by Gasteiger charge is 2.19. The van der Waals surface area contributed by atoms with Crippen molar-refractivity contribution in [2.45, 2.75) is 19.1 Å². The number of aliphatic imine (C=N–C) groups is 1. The maximum Gasteiger partial charge on any atom is 0.240 e. The number of carbonyl (C=O) groups is 1. The first-order chi connectivity index (χ1) is 8.54. The number of thioether (sulfide) groups is 1. The normalized spacial score (nSPS) is 13.5.